The van der Waals surface area contributed by atoms with Crippen LogP contribution in [0, 0.1) is 5.92 Å². The summed E-state index contributed by atoms with van der Waals surface area (Å²) < 4.78 is 0. The number of hydrogen-bond acceptors (Lipinski definition) is 6. The summed E-state index contributed by atoms with van der Waals surface area (Å²) in [5, 5.41) is 18.0. The van der Waals surface area contributed by atoms with Crippen molar-refractivity contribution in [2.24, 2.45) is 17.4 Å². The van der Waals surface area contributed by atoms with Crippen molar-refractivity contribution in [1.29, 1.82) is 0 Å². The third kappa shape index (κ3) is 8.57. The van der Waals surface area contributed by atoms with Gasteiger partial charge in [0.25, 0.3) is 0 Å². The number of carbonyl (C=O) groups is 4. The molecule has 5 atom stereocenters. The number of carboxylic acid groups (broad SMARTS) is 1. The Labute approximate surface area is 217 Å². The van der Waals surface area contributed by atoms with Gasteiger partial charge in [-0.15, -0.1) is 0 Å². The number of amides is 3. The molecule has 5 unspecified atom stereocenters. The zero-order chi connectivity index (χ0) is 27.5. The van der Waals surface area contributed by atoms with Gasteiger partial charge in [-0.3, -0.25) is 19.2 Å². The van der Waals surface area contributed by atoms with E-state index < -0.39 is 47.9 Å². The zero-order valence-electron chi connectivity index (χ0n) is 21.8. The molecule has 9 N–H and O–H groups in total. The van der Waals surface area contributed by atoms with Crippen molar-refractivity contribution >= 4 is 34.6 Å². The first kappa shape index (κ1) is 29.8. The number of nitrogens with two attached hydrogens (primary N) is 2. The van der Waals surface area contributed by atoms with Crippen LogP contribution in [0.4, 0.5) is 0 Å². The van der Waals surface area contributed by atoms with E-state index in [1.807, 2.05) is 37.4 Å². The van der Waals surface area contributed by atoms with E-state index in [9.17, 15) is 19.2 Å². The van der Waals surface area contributed by atoms with E-state index in [0.717, 1.165) is 16.5 Å². The summed E-state index contributed by atoms with van der Waals surface area (Å²) in [6.45, 7) is 5.44. The summed E-state index contributed by atoms with van der Waals surface area (Å²) in [5.74, 6) is -3.07. The van der Waals surface area contributed by atoms with Crippen LogP contribution >= 0.6 is 0 Å². The van der Waals surface area contributed by atoms with Crippen molar-refractivity contribution in [3.05, 3.63) is 36.0 Å². The number of rotatable bonds is 15. The minimum absolute atomic E-state index is 0.269. The van der Waals surface area contributed by atoms with Gasteiger partial charge in [0.2, 0.25) is 17.7 Å². The van der Waals surface area contributed by atoms with Gasteiger partial charge in [0, 0.05) is 17.1 Å². The summed E-state index contributed by atoms with van der Waals surface area (Å²) in [6, 6.07) is 3.80. The van der Waals surface area contributed by atoms with Crippen LogP contribution in [0.25, 0.3) is 10.9 Å². The SMILES string of the molecule is CCC(C)C(NC(=O)C(CCCCN)NC(=O)C(N)Cc1c[nH]c2ccccc12)C(=O)NC(C)C(=O)O. The van der Waals surface area contributed by atoms with Crippen LogP contribution in [-0.4, -0.2) is 64.5 Å². The second-order valence-electron chi connectivity index (χ2n) is 9.46. The van der Waals surface area contributed by atoms with Gasteiger partial charge >= 0.3 is 5.97 Å². The highest BCUT2D eigenvalue weighted by molar-refractivity contribution is 5.94. The average Bonchev–Trinajstić information content (AvgIpc) is 3.28. The molecule has 0 fully saturated rings. The highest BCUT2D eigenvalue weighted by Gasteiger charge is 2.31. The molecule has 0 radical (unpaired) electrons. The van der Waals surface area contributed by atoms with Crippen molar-refractivity contribution in [2.75, 3.05) is 6.54 Å². The molecule has 0 aliphatic carbocycles. The summed E-state index contributed by atoms with van der Waals surface area (Å²) in [7, 11) is 0. The predicted molar refractivity (Wildman–Crippen MR) is 141 cm³/mol. The van der Waals surface area contributed by atoms with Gasteiger partial charge in [-0.25, -0.2) is 0 Å². The van der Waals surface area contributed by atoms with Crippen molar-refractivity contribution in [1.82, 2.24) is 20.9 Å². The topological polar surface area (TPSA) is 192 Å². The summed E-state index contributed by atoms with van der Waals surface area (Å²) in [4.78, 5) is 53.3. The lowest BCUT2D eigenvalue weighted by molar-refractivity contribution is -0.142. The van der Waals surface area contributed by atoms with Gasteiger partial charge in [0.05, 0.1) is 6.04 Å². The number of carboxylic acids is 1. The van der Waals surface area contributed by atoms with Crippen molar-refractivity contribution in [3.8, 4) is 0 Å². The highest BCUT2D eigenvalue weighted by atomic mass is 16.4. The number of H-pyrrole nitrogens is 1. The summed E-state index contributed by atoms with van der Waals surface area (Å²) in [6.07, 6.45) is 4.22. The van der Waals surface area contributed by atoms with Gasteiger partial charge in [-0.1, -0.05) is 38.5 Å². The van der Waals surface area contributed by atoms with E-state index in [1.54, 1.807) is 6.92 Å². The lowest BCUT2D eigenvalue weighted by Gasteiger charge is -2.27. The minimum atomic E-state index is -1.18. The Bertz CT molecular complexity index is 1070. The Kier molecular flexibility index (Phi) is 11.5. The van der Waals surface area contributed by atoms with Crippen molar-refractivity contribution < 1.29 is 24.3 Å². The summed E-state index contributed by atoms with van der Waals surface area (Å²) in [5.41, 5.74) is 13.6. The van der Waals surface area contributed by atoms with Crippen LogP contribution in [0.15, 0.2) is 30.5 Å². The number of aromatic nitrogens is 1. The van der Waals surface area contributed by atoms with Gasteiger partial charge < -0.3 is 37.5 Å². The van der Waals surface area contributed by atoms with Crippen LogP contribution in [0.3, 0.4) is 0 Å². The molecule has 0 bridgehead atoms. The molecule has 1 heterocycles. The molecule has 0 aliphatic heterocycles. The fourth-order valence-electron chi connectivity index (χ4n) is 3.99. The molecule has 0 aliphatic rings. The predicted octanol–water partition coefficient (Wildman–Crippen LogP) is 0.772. The molecule has 11 heteroatoms. The number of benzene rings is 1. The van der Waals surface area contributed by atoms with Crippen LogP contribution < -0.4 is 27.4 Å². The number of carbonyl (C=O) groups excluding carboxylic acids is 3. The molecule has 0 saturated carbocycles. The van der Waals surface area contributed by atoms with E-state index in [0.29, 0.717) is 32.2 Å². The van der Waals surface area contributed by atoms with Gasteiger partial charge in [-0.2, -0.15) is 0 Å². The maximum Gasteiger partial charge on any atom is 0.325 e. The Hall–Kier alpha value is -3.44. The smallest absolute Gasteiger partial charge is 0.325 e. The van der Waals surface area contributed by atoms with E-state index in [2.05, 4.69) is 20.9 Å². The molecule has 2 aromatic rings. The lowest BCUT2D eigenvalue weighted by Crippen LogP contribution is -2.58. The van der Waals surface area contributed by atoms with Crippen LogP contribution in [0.1, 0.15) is 52.0 Å². The first-order chi connectivity index (χ1) is 17.6. The Balaban J connectivity index is 2.12. The molecule has 2 rings (SSSR count). The third-order valence-corrected chi connectivity index (χ3v) is 6.55. The number of nitrogens with one attached hydrogen (secondary N) is 4. The van der Waals surface area contributed by atoms with Gasteiger partial charge in [-0.05, 0) is 56.7 Å². The standard InChI is InChI=1S/C26H40N6O5/c1-4-15(2)22(25(35)30-16(3)26(36)37)32-24(34)21(11-7-8-12-27)31-23(33)19(28)13-17-14-29-20-10-6-5-9-18(17)20/h5-6,9-10,14-16,19,21-22,29H,4,7-8,11-13,27-28H2,1-3H3,(H,30,35)(H,31,33)(H,32,34)(H,36,37). The summed E-state index contributed by atoms with van der Waals surface area (Å²) >= 11 is 0. The molecule has 11 nitrogen and oxygen atoms in total. The molecule has 0 saturated heterocycles. The van der Waals surface area contributed by atoms with Crippen molar-refractivity contribution in [3.63, 3.8) is 0 Å². The van der Waals surface area contributed by atoms with Crippen LogP contribution in [0.2, 0.25) is 0 Å². The monoisotopic (exact) mass is 516 g/mol. The second-order valence-corrected chi connectivity index (χ2v) is 9.46. The molecule has 1 aromatic carbocycles. The minimum Gasteiger partial charge on any atom is -0.480 e. The first-order valence-electron chi connectivity index (χ1n) is 12.7. The Morgan fingerprint density at radius 2 is 1.70 bits per heavy atom. The van der Waals surface area contributed by atoms with E-state index in [1.165, 1.54) is 6.92 Å². The molecule has 1 aromatic heterocycles. The number of hydrogen-bond donors (Lipinski definition) is 7. The molecule has 204 valence electrons. The number of aliphatic carboxylic acids is 1. The number of unbranched alkanes of at least 4 members (excludes halogenated alkanes) is 1. The number of aromatic amines is 1. The quantitative estimate of drug-likeness (QED) is 0.170. The Morgan fingerprint density at radius 3 is 2.35 bits per heavy atom. The molecular weight excluding hydrogens is 476 g/mol. The molecule has 3 amide bonds. The van der Waals surface area contributed by atoms with Crippen molar-refractivity contribution in [2.45, 2.75) is 77.0 Å². The van der Waals surface area contributed by atoms with E-state index in [-0.39, 0.29) is 12.3 Å². The van der Waals surface area contributed by atoms with Gasteiger partial charge in [0.15, 0.2) is 0 Å². The average molecular weight is 517 g/mol. The lowest BCUT2D eigenvalue weighted by atomic mass is 9.97. The van der Waals surface area contributed by atoms with Gasteiger partial charge in [0.1, 0.15) is 18.1 Å². The zero-order valence-corrected chi connectivity index (χ0v) is 21.8. The fraction of sp³-hybridized carbons (Fsp3) is 0.538. The van der Waals surface area contributed by atoms with E-state index in [4.69, 9.17) is 16.6 Å². The first-order valence-corrected chi connectivity index (χ1v) is 12.7. The molecule has 37 heavy (non-hydrogen) atoms. The van der Waals surface area contributed by atoms with Crippen LogP contribution in [-0.2, 0) is 25.6 Å². The van der Waals surface area contributed by atoms with E-state index >= 15 is 0 Å². The largest absolute Gasteiger partial charge is 0.480 e. The molecule has 0 spiro atoms. The Morgan fingerprint density at radius 1 is 1.00 bits per heavy atom. The maximum atomic E-state index is 13.2. The second kappa shape index (κ2) is 14.3. The third-order valence-electron chi connectivity index (χ3n) is 6.55. The maximum absolute atomic E-state index is 13.2. The van der Waals surface area contributed by atoms with Crippen LogP contribution in [0.5, 0.6) is 0 Å². The fourth-order valence-corrected chi connectivity index (χ4v) is 3.99. The number of para-hydroxylation sites is 1. The highest BCUT2D eigenvalue weighted by Crippen LogP contribution is 2.19. The normalized spacial score (nSPS) is 15.3. The number of fused-ring (bicyclic) bond motifs is 1. The molecular formula is C26H40N6O5.